The molecular weight excluding hydrogens is 340 g/mol. The Balaban J connectivity index is 1.59. The van der Waals surface area contributed by atoms with E-state index in [4.69, 9.17) is 0 Å². The van der Waals surface area contributed by atoms with E-state index in [-0.39, 0.29) is 23.9 Å². The van der Waals surface area contributed by atoms with Gasteiger partial charge in [-0.15, -0.1) is 0 Å². The number of fused-ring (bicyclic) bond motifs is 1. The van der Waals surface area contributed by atoms with Gasteiger partial charge in [-0.2, -0.15) is 0 Å². The minimum absolute atomic E-state index is 0.0615. The number of nitrogens with one attached hydrogen (secondary N) is 2. The van der Waals surface area contributed by atoms with Crippen LogP contribution in [0.15, 0.2) is 59.4 Å². The Morgan fingerprint density at radius 2 is 1.81 bits per heavy atom. The van der Waals surface area contributed by atoms with Crippen molar-refractivity contribution in [3.8, 4) is 0 Å². The quantitative estimate of drug-likeness (QED) is 0.674. The van der Waals surface area contributed by atoms with Crippen LogP contribution in [0.5, 0.6) is 0 Å². The van der Waals surface area contributed by atoms with Crippen molar-refractivity contribution in [2.75, 3.05) is 20.6 Å². The number of carbonyl (C=O) groups excluding carboxylic acids is 1. The molecular formula is C21H24N4O2. The van der Waals surface area contributed by atoms with E-state index in [0.717, 1.165) is 5.56 Å². The summed E-state index contributed by atoms with van der Waals surface area (Å²) in [5.74, 6) is 0.467. The van der Waals surface area contributed by atoms with Crippen molar-refractivity contribution in [2.45, 2.75) is 18.9 Å². The highest BCUT2D eigenvalue weighted by atomic mass is 16.1. The SMILES string of the molecule is CN(C)C(CNC(=O)CCc1nc2ccccc2c(=O)[nH]1)c1ccccc1. The summed E-state index contributed by atoms with van der Waals surface area (Å²) >= 11 is 0. The summed E-state index contributed by atoms with van der Waals surface area (Å²) in [5.41, 5.74) is 1.63. The molecule has 2 N–H and O–H groups in total. The molecule has 1 unspecified atom stereocenters. The van der Waals surface area contributed by atoms with Crippen LogP contribution in [-0.4, -0.2) is 41.4 Å². The number of benzene rings is 2. The number of rotatable bonds is 7. The first kappa shape index (κ1) is 18.8. The number of hydrogen-bond donors (Lipinski definition) is 2. The normalized spacial score (nSPS) is 12.3. The molecule has 3 rings (SSSR count). The van der Waals surface area contributed by atoms with E-state index < -0.39 is 0 Å². The van der Waals surface area contributed by atoms with E-state index in [1.807, 2.05) is 38.4 Å². The van der Waals surface area contributed by atoms with Gasteiger partial charge in [-0.05, 0) is 31.8 Å². The highest BCUT2D eigenvalue weighted by Gasteiger charge is 2.15. The average Bonchev–Trinajstić information content (AvgIpc) is 2.67. The molecule has 1 aromatic heterocycles. The van der Waals surface area contributed by atoms with Crippen molar-refractivity contribution in [3.63, 3.8) is 0 Å². The number of H-pyrrole nitrogens is 1. The first-order chi connectivity index (χ1) is 13.0. The summed E-state index contributed by atoms with van der Waals surface area (Å²) in [7, 11) is 3.99. The highest BCUT2D eigenvalue weighted by molar-refractivity contribution is 5.78. The maximum absolute atomic E-state index is 12.3. The summed E-state index contributed by atoms with van der Waals surface area (Å²) in [4.78, 5) is 33.6. The Kier molecular flexibility index (Phi) is 5.98. The number of amides is 1. The second-order valence-electron chi connectivity index (χ2n) is 6.72. The molecule has 6 heteroatoms. The van der Waals surface area contributed by atoms with Crippen LogP contribution in [0.1, 0.15) is 23.9 Å². The Morgan fingerprint density at radius 3 is 2.56 bits per heavy atom. The zero-order chi connectivity index (χ0) is 19.2. The van der Waals surface area contributed by atoms with Crippen molar-refractivity contribution in [3.05, 3.63) is 76.3 Å². The van der Waals surface area contributed by atoms with Crippen molar-refractivity contribution < 1.29 is 4.79 Å². The lowest BCUT2D eigenvalue weighted by molar-refractivity contribution is -0.121. The van der Waals surface area contributed by atoms with Crippen LogP contribution in [0.25, 0.3) is 10.9 Å². The molecule has 2 aromatic carbocycles. The summed E-state index contributed by atoms with van der Waals surface area (Å²) in [6, 6.07) is 17.4. The predicted molar refractivity (Wildman–Crippen MR) is 107 cm³/mol. The molecule has 0 aliphatic heterocycles. The van der Waals surface area contributed by atoms with Gasteiger partial charge in [-0.3, -0.25) is 9.59 Å². The van der Waals surface area contributed by atoms with E-state index in [0.29, 0.717) is 29.7 Å². The van der Waals surface area contributed by atoms with Gasteiger partial charge in [0.05, 0.1) is 16.9 Å². The Bertz CT molecular complexity index is 967. The first-order valence-corrected chi connectivity index (χ1v) is 9.00. The van der Waals surface area contributed by atoms with Crippen LogP contribution < -0.4 is 10.9 Å². The third-order valence-electron chi connectivity index (χ3n) is 4.55. The van der Waals surface area contributed by atoms with Gasteiger partial charge in [0.15, 0.2) is 0 Å². The fraction of sp³-hybridized carbons (Fsp3) is 0.286. The Labute approximate surface area is 158 Å². The number of aryl methyl sites for hydroxylation is 1. The lowest BCUT2D eigenvalue weighted by atomic mass is 10.1. The fourth-order valence-electron chi connectivity index (χ4n) is 3.06. The van der Waals surface area contributed by atoms with E-state index >= 15 is 0 Å². The summed E-state index contributed by atoms with van der Waals surface area (Å²) in [6.45, 7) is 0.525. The smallest absolute Gasteiger partial charge is 0.258 e. The van der Waals surface area contributed by atoms with Gasteiger partial charge in [0.25, 0.3) is 5.56 Å². The van der Waals surface area contributed by atoms with Gasteiger partial charge < -0.3 is 15.2 Å². The molecule has 140 valence electrons. The van der Waals surface area contributed by atoms with E-state index in [1.165, 1.54) is 0 Å². The summed E-state index contributed by atoms with van der Waals surface area (Å²) in [5, 5.41) is 3.54. The number of carbonyl (C=O) groups is 1. The zero-order valence-electron chi connectivity index (χ0n) is 15.6. The van der Waals surface area contributed by atoms with Gasteiger partial charge in [0, 0.05) is 19.4 Å². The lowest BCUT2D eigenvalue weighted by Gasteiger charge is -2.25. The Hall–Kier alpha value is -2.99. The third-order valence-corrected chi connectivity index (χ3v) is 4.55. The van der Waals surface area contributed by atoms with Crippen molar-refractivity contribution >= 4 is 16.8 Å². The fourth-order valence-corrected chi connectivity index (χ4v) is 3.06. The van der Waals surface area contributed by atoms with Gasteiger partial charge in [-0.1, -0.05) is 42.5 Å². The monoisotopic (exact) mass is 364 g/mol. The molecule has 0 aliphatic carbocycles. The molecule has 27 heavy (non-hydrogen) atoms. The van der Waals surface area contributed by atoms with Crippen LogP contribution in [0.4, 0.5) is 0 Å². The standard InChI is InChI=1S/C21H24N4O2/c1-25(2)18(15-8-4-3-5-9-15)14-22-20(26)13-12-19-23-17-11-7-6-10-16(17)21(27)24-19/h3-11,18H,12-14H2,1-2H3,(H,22,26)(H,23,24,27). The molecule has 3 aromatic rings. The van der Waals surface area contributed by atoms with Crippen LogP contribution >= 0.6 is 0 Å². The second kappa shape index (κ2) is 8.60. The van der Waals surface area contributed by atoms with Gasteiger partial charge in [0.1, 0.15) is 5.82 Å². The van der Waals surface area contributed by atoms with E-state index in [2.05, 4.69) is 32.3 Å². The zero-order valence-corrected chi connectivity index (χ0v) is 15.6. The number of para-hydroxylation sites is 1. The molecule has 0 spiro atoms. The third kappa shape index (κ3) is 4.80. The minimum atomic E-state index is -0.173. The highest BCUT2D eigenvalue weighted by Crippen LogP contribution is 2.16. The van der Waals surface area contributed by atoms with E-state index in [9.17, 15) is 9.59 Å². The second-order valence-corrected chi connectivity index (χ2v) is 6.72. The Morgan fingerprint density at radius 1 is 1.11 bits per heavy atom. The minimum Gasteiger partial charge on any atom is -0.354 e. The first-order valence-electron chi connectivity index (χ1n) is 9.00. The predicted octanol–water partition coefficient (Wildman–Crippen LogP) is 2.27. The summed E-state index contributed by atoms with van der Waals surface area (Å²) < 4.78 is 0. The largest absolute Gasteiger partial charge is 0.354 e. The maximum Gasteiger partial charge on any atom is 0.258 e. The molecule has 1 heterocycles. The molecule has 1 amide bonds. The lowest BCUT2D eigenvalue weighted by Crippen LogP contribution is -2.34. The molecule has 0 saturated carbocycles. The van der Waals surface area contributed by atoms with Crippen LogP contribution in [0.2, 0.25) is 0 Å². The molecule has 0 saturated heterocycles. The number of likely N-dealkylation sites (N-methyl/N-ethyl adjacent to an activating group) is 1. The number of nitrogens with zero attached hydrogens (tertiary/aromatic N) is 2. The maximum atomic E-state index is 12.3. The topological polar surface area (TPSA) is 78.1 Å². The molecule has 0 fully saturated rings. The summed E-state index contributed by atoms with van der Waals surface area (Å²) in [6.07, 6.45) is 0.667. The average molecular weight is 364 g/mol. The van der Waals surface area contributed by atoms with Gasteiger partial charge in [-0.25, -0.2) is 4.98 Å². The van der Waals surface area contributed by atoms with Crippen molar-refractivity contribution in [2.24, 2.45) is 0 Å². The van der Waals surface area contributed by atoms with Gasteiger partial charge in [0.2, 0.25) is 5.91 Å². The van der Waals surface area contributed by atoms with Crippen LogP contribution in [0, 0.1) is 0 Å². The number of aromatic amines is 1. The van der Waals surface area contributed by atoms with E-state index in [1.54, 1.807) is 18.2 Å². The number of aromatic nitrogens is 2. The van der Waals surface area contributed by atoms with Crippen molar-refractivity contribution in [1.82, 2.24) is 20.2 Å². The molecule has 0 bridgehead atoms. The van der Waals surface area contributed by atoms with Crippen LogP contribution in [0.3, 0.4) is 0 Å². The molecule has 0 aliphatic rings. The van der Waals surface area contributed by atoms with Gasteiger partial charge >= 0.3 is 0 Å². The molecule has 0 radical (unpaired) electrons. The molecule has 1 atom stereocenters. The number of hydrogen-bond acceptors (Lipinski definition) is 4. The van der Waals surface area contributed by atoms with Crippen LogP contribution in [-0.2, 0) is 11.2 Å². The van der Waals surface area contributed by atoms with Crippen molar-refractivity contribution in [1.29, 1.82) is 0 Å². The molecule has 6 nitrogen and oxygen atoms in total.